The van der Waals surface area contributed by atoms with Crippen molar-refractivity contribution in [2.45, 2.75) is 19.4 Å². The molecule has 1 atom stereocenters. The Kier molecular flexibility index (Phi) is 3.13. The van der Waals surface area contributed by atoms with Gasteiger partial charge in [0.05, 0.1) is 17.1 Å². The zero-order chi connectivity index (χ0) is 11.9. The number of benzene rings is 1. The van der Waals surface area contributed by atoms with Crippen molar-refractivity contribution in [1.82, 2.24) is 0 Å². The average molecular weight is 305 g/mol. The Hall–Kier alpha value is -0.740. The molecule has 0 spiro atoms. The van der Waals surface area contributed by atoms with Crippen molar-refractivity contribution in [1.29, 1.82) is 0 Å². The van der Waals surface area contributed by atoms with Gasteiger partial charge in [-0.3, -0.25) is 4.79 Å². The maximum atomic E-state index is 11.8. The van der Waals surface area contributed by atoms with E-state index in [2.05, 4.69) is 15.9 Å². The second-order valence-corrected chi connectivity index (χ2v) is 5.14. The second kappa shape index (κ2) is 4.26. The molecule has 0 N–H and O–H groups in total. The third kappa shape index (κ3) is 2.04. The lowest BCUT2D eigenvalue weighted by molar-refractivity contribution is -0.119. The molecule has 1 unspecified atom stereocenters. The van der Waals surface area contributed by atoms with Crippen molar-refractivity contribution in [3.63, 3.8) is 0 Å². The number of anilines is 1. The Morgan fingerprint density at radius 3 is 2.94 bits per heavy atom. The van der Waals surface area contributed by atoms with Crippen molar-refractivity contribution in [3.8, 4) is 5.75 Å². The summed E-state index contributed by atoms with van der Waals surface area (Å²) in [5.41, 5.74) is 0.703. The Morgan fingerprint density at radius 2 is 2.25 bits per heavy atom. The van der Waals surface area contributed by atoms with Gasteiger partial charge in [0.15, 0.2) is 5.75 Å². The van der Waals surface area contributed by atoms with Gasteiger partial charge < -0.3 is 9.64 Å². The lowest BCUT2D eigenvalue weighted by atomic mass is 10.2. The first-order chi connectivity index (χ1) is 7.49. The Bertz CT molecular complexity index is 450. The van der Waals surface area contributed by atoms with Gasteiger partial charge in [-0.1, -0.05) is 27.5 Å². The van der Waals surface area contributed by atoms with Gasteiger partial charge in [0, 0.05) is 11.5 Å². The highest BCUT2D eigenvalue weighted by atomic mass is 79.9. The van der Waals surface area contributed by atoms with E-state index in [0.29, 0.717) is 22.9 Å². The molecule has 16 heavy (non-hydrogen) atoms. The fourth-order valence-electron chi connectivity index (χ4n) is 1.67. The first-order valence-electron chi connectivity index (χ1n) is 4.91. The molecule has 0 saturated heterocycles. The summed E-state index contributed by atoms with van der Waals surface area (Å²) in [6, 6.07) is 3.59. The molecule has 0 aliphatic carbocycles. The number of carbonyl (C=O) groups is 1. The number of ether oxygens (including phenoxy) is 1. The highest BCUT2D eigenvalue weighted by Crippen LogP contribution is 2.40. The first kappa shape index (κ1) is 11.7. The van der Waals surface area contributed by atoms with Crippen LogP contribution >= 0.6 is 27.5 Å². The predicted molar refractivity (Wildman–Crippen MR) is 67.3 cm³/mol. The molecule has 5 heteroatoms. The van der Waals surface area contributed by atoms with Crippen LogP contribution in [0.25, 0.3) is 0 Å². The zero-order valence-corrected chi connectivity index (χ0v) is 11.3. The summed E-state index contributed by atoms with van der Waals surface area (Å²) in [5, 5.41) is 0.512. The van der Waals surface area contributed by atoms with E-state index >= 15 is 0 Å². The number of fused-ring (bicyclic) bond motifs is 1. The van der Waals surface area contributed by atoms with Crippen LogP contribution in [0, 0.1) is 0 Å². The minimum Gasteiger partial charge on any atom is -0.486 e. The highest BCUT2D eigenvalue weighted by Gasteiger charge is 2.26. The molecule has 0 bridgehead atoms. The minimum absolute atomic E-state index is 0.0282. The molecule has 0 fully saturated rings. The lowest BCUT2D eigenvalue weighted by Crippen LogP contribution is -2.27. The summed E-state index contributed by atoms with van der Waals surface area (Å²) in [6.07, 6.45) is 0.203. The molecule has 86 valence electrons. The van der Waals surface area contributed by atoms with Crippen LogP contribution in [-0.2, 0) is 4.79 Å². The van der Waals surface area contributed by atoms with E-state index < -0.39 is 0 Å². The van der Waals surface area contributed by atoms with Crippen LogP contribution in [0.2, 0.25) is 5.02 Å². The van der Waals surface area contributed by atoms with Gasteiger partial charge >= 0.3 is 0 Å². The maximum absolute atomic E-state index is 11.8. The van der Waals surface area contributed by atoms with Crippen LogP contribution < -0.4 is 9.64 Å². The number of hydrogen-bond acceptors (Lipinski definition) is 2. The molecule has 1 aromatic carbocycles. The van der Waals surface area contributed by atoms with Crippen molar-refractivity contribution >= 4 is 39.1 Å². The first-order valence-corrected chi connectivity index (χ1v) is 6.08. The van der Waals surface area contributed by atoms with E-state index in [0.717, 1.165) is 4.47 Å². The molecule has 2 rings (SSSR count). The molecule has 1 amide bonds. The Balaban J connectivity index is 2.59. The molecule has 1 aromatic rings. The molecule has 1 heterocycles. The van der Waals surface area contributed by atoms with Gasteiger partial charge in [0.2, 0.25) is 5.91 Å². The number of amides is 1. The lowest BCUT2D eigenvalue weighted by Gasteiger charge is -2.17. The van der Waals surface area contributed by atoms with Crippen molar-refractivity contribution in [2.24, 2.45) is 0 Å². The number of halogens is 2. The predicted octanol–water partition coefficient (Wildman–Crippen LogP) is 3.24. The number of rotatable bonds is 0. The summed E-state index contributed by atoms with van der Waals surface area (Å²) in [4.78, 5) is 13.4. The largest absolute Gasteiger partial charge is 0.486 e. The molecule has 1 aliphatic rings. The van der Waals surface area contributed by atoms with E-state index in [1.165, 1.54) is 0 Å². The zero-order valence-electron chi connectivity index (χ0n) is 8.96. The third-order valence-corrected chi connectivity index (χ3v) is 3.24. The average Bonchev–Trinajstić information content (AvgIpc) is 2.29. The fraction of sp³-hybridized carbons (Fsp3) is 0.364. The monoisotopic (exact) mass is 303 g/mol. The van der Waals surface area contributed by atoms with Gasteiger partial charge in [-0.25, -0.2) is 0 Å². The summed E-state index contributed by atoms with van der Waals surface area (Å²) < 4.78 is 6.50. The van der Waals surface area contributed by atoms with Crippen LogP contribution in [-0.4, -0.2) is 19.1 Å². The van der Waals surface area contributed by atoms with Crippen LogP contribution in [0.3, 0.4) is 0 Å². The third-order valence-electron chi connectivity index (χ3n) is 2.51. The van der Waals surface area contributed by atoms with Crippen molar-refractivity contribution < 1.29 is 9.53 Å². The summed E-state index contributed by atoms with van der Waals surface area (Å²) in [5.74, 6) is 0.603. The van der Waals surface area contributed by atoms with E-state index in [4.69, 9.17) is 16.3 Å². The van der Waals surface area contributed by atoms with Gasteiger partial charge in [0.1, 0.15) is 6.10 Å². The van der Waals surface area contributed by atoms with Gasteiger partial charge in [-0.15, -0.1) is 0 Å². The van der Waals surface area contributed by atoms with Crippen LogP contribution in [0.4, 0.5) is 5.69 Å². The molecule has 0 radical (unpaired) electrons. The van der Waals surface area contributed by atoms with Crippen molar-refractivity contribution in [3.05, 3.63) is 21.6 Å². The molecule has 1 aliphatic heterocycles. The number of carbonyl (C=O) groups excluding carboxylic acids is 1. The van der Waals surface area contributed by atoms with E-state index in [1.54, 1.807) is 18.0 Å². The van der Waals surface area contributed by atoms with Crippen LogP contribution in [0.5, 0.6) is 5.75 Å². The molecule has 3 nitrogen and oxygen atoms in total. The quantitative estimate of drug-likeness (QED) is 0.736. The van der Waals surface area contributed by atoms with Crippen LogP contribution in [0.15, 0.2) is 16.6 Å². The number of nitrogens with zero attached hydrogens (tertiary/aromatic N) is 1. The normalized spacial score (nSPS) is 20.1. The van der Waals surface area contributed by atoms with E-state index in [1.807, 2.05) is 13.0 Å². The van der Waals surface area contributed by atoms with Crippen LogP contribution in [0.1, 0.15) is 13.3 Å². The van der Waals surface area contributed by atoms with Gasteiger partial charge in [-0.05, 0) is 19.1 Å². The summed E-state index contributed by atoms with van der Waals surface area (Å²) in [7, 11) is 1.73. The molecule has 0 saturated carbocycles. The Labute approximate surface area is 107 Å². The van der Waals surface area contributed by atoms with E-state index in [-0.39, 0.29) is 12.0 Å². The standard InChI is InChI=1S/C11H11BrClNO2/c1-6-3-10(15)14(2)9-5-7(12)4-8(13)11(9)16-6/h4-6H,3H2,1-2H3. The molecular weight excluding hydrogens is 293 g/mol. The summed E-state index contributed by atoms with van der Waals surface area (Å²) in [6.45, 7) is 1.86. The van der Waals surface area contributed by atoms with Crippen molar-refractivity contribution in [2.75, 3.05) is 11.9 Å². The maximum Gasteiger partial charge on any atom is 0.230 e. The molecule has 0 aromatic heterocycles. The number of hydrogen-bond donors (Lipinski definition) is 0. The fourth-order valence-corrected chi connectivity index (χ4v) is 2.51. The smallest absolute Gasteiger partial charge is 0.230 e. The minimum atomic E-state index is -0.158. The topological polar surface area (TPSA) is 29.5 Å². The molecular formula is C11H11BrClNO2. The van der Waals surface area contributed by atoms with E-state index in [9.17, 15) is 4.79 Å². The Morgan fingerprint density at radius 1 is 1.56 bits per heavy atom. The summed E-state index contributed by atoms with van der Waals surface area (Å²) >= 11 is 9.46. The van der Waals surface area contributed by atoms with Gasteiger partial charge in [-0.2, -0.15) is 0 Å². The highest BCUT2D eigenvalue weighted by molar-refractivity contribution is 9.10. The second-order valence-electron chi connectivity index (χ2n) is 3.82. The SMILES string of the molecule is CC1CC(=O)N(C)c2cc(Br)cc(Cl)c2O1. The van der Waals surface area contributed by atoms with Gasteiger partial charge in [0.25, 0.3) is 0 Å².